The lowest BCUT2D eigenvalue weighted by molar-refractivity contribution is 0.331. The zero-order chi connectivity index (χ0) is 18.9. The highest BCUT2D eigenvalue weighted by Gasteiger charge is 2.15. The van der Waals surface area contributed by atoms with Crippen LogP contribution in [-0.4, -0.2) is 32.9 Å². The van der Waals surface area contributed by atoms with Crippen molar-refractivity contribution in [1.82, 2.24) is 19.9 Å². The third kappa shape index (κ3) is 3.23. The third-order valence-corrected chi connectivity index (χ3v) is 5.20. The van der Waals surface area contributed by atoms with E-state index in [1.165, 1.54) is 31.5 Å². The fourth-order valence-electron chi connectivity index (χ4n) is 3.75. The Morgan fingerprint density at radius 1 is 1.04 bits per heavy atom. The molecular formula is C22H21N5O. The van der Waals surface area contributed by atoms with Crippen LogP contribution in [0.15, 0.2) is 59.4 Å². The van der Waals surface area contributed by atoms with Crippen LogP contribution < -0.4 is 5.73 Å². The van der Waals surface area contributed by atoms with Gasteiger partial charge in [-0.15, -0.1) is 0 Å². The molecule has 0 atom stereocenters. The Bertz CT molecular complexity index is 1100. The Hall–Kier alpha value is -3.25. The molecule has 0 spiro atoms. The van der Waals surface area contributed by atoms with Gasteiger partial charge in [-0.1, -0.05) is 18.2 Å². The molecule has 0 aliphatic carbocycles. The predicted molar refractivity (Wildman–Crippen MR) is 109 cm³/mol. The van der Waals surface area contributed by atoms with Crippen molar-refractivity contribution in [1.29, 1.82) is 0 Å². The summed E-state index contributed by atoms with van der Waals surface area (Å²) in [5.41, 5.74) is 11.6. The molecule has 6 nitrogen and oxygen atoms in total. The normalized spacial score (nSPS) is 14.7. The number of fused-ring (bicyclic) bond motifs is 1. The fraction of sp³-hybridized carbons (Fsp3) is 0.227. The quantitative estimate of drug-likeness (QED) is 0.581. The van der Waals surface area contributed by atoms with Crippen molar-refractivity contribution in [2.45, 2.75) is 19.4 Å². The SMILES string of the molecule is Nc1ncc(-c2cccc(CN3CCCC3)c2)cc1-c1nc2cnccc2o1. The molecule has 5 rings (SSSR count). The molecule has 0 radical (unpaired) electrons. The van der Waals surface area contributed by atoms with Gasteiger partial charge in [0.05, 0.1) is 11.8 Å². The smallest absolute Gasteiger partial charge is 0.231 e. The molecular weight excluding hydrogens is 350 g/mol. The van der Waals surface area contributed by atoms with Crippen LogP contribution >= 0.6 is 0 Å². The molecule has 1 aromatic carbocycles. The zero-order valence-electron chi connectivity index (χ0n) is 15.5. The maximum atomic E-state index is 6.13. The molecule has 0 amide bonds. The molecule has 1 aliphatic heterocycles. The molecule has 28 heavy (non-hydrogen) atoms. The van der Waals surface area contributed by atoms with Crippen LogP contribution in [0.4, 0.5) is 5.82 Å². The van der Waals surface area contributed by atoms with Gasteiger partial charge in [-0.2, -0.15) is 0 Å². The lowest BCUT2D eigenvalue weighted by atomic mass is 10.0. The van der Waals surface area contributed by atoms with Crippen LogP contribution in [0.5, 0.6) is 0 Å². The topological polar surface area (TPSA) is 81.1 Å². The molecule has 4 aromatic rings. The Balaban J connectivity index is 1.50. The van der Waals surface area contributed by atoms with Crippen LogP contribution in [0.3, 0.4) is 0 Å². The second-order valence-corrected chi connectivity index (χ2v) is 7.20. The van der Waals surface area contributed by atoms with Gasteiger partial charge in [0, 0.05) is 30.6 Å². The molecule has 1 aliphatic rings. The lowest BCUT2D eigenvalue weighted by Gasteiger charge is -2.15. The molecule has 3 aromatic heterocycles. The number of anilines is 1. The summed E-state index contributed by atoms with van der Waals surface area (Å²) in [6.07, 6.45) is 7.76. The number of hydrogen-bond acceptors (Lipinski definition) is 6. The van der Waals surface area contributed by atoms with Crippen molar-refractivity contribution in [3.05, 3.63) is 60.6 Å². The minimum atomic E-state index is 0.400. The lowest BCUT2D eigenvalue weighted by Crippen LogP contribution is -2.18. The Labute approximate surface area is 163 Å². The maximum absolute atomic E-state index is 6.13. The molecule has 1 fully saturated rings. The number of likely N-dealkylation sites (tertiary alicyclic amines) is 1. The summed E-state index contributed by atoms with van der Waals surface area (Å²) in [7, 11) is 0. The minimum Gasteiger partial charge on any atom is -0.436 e. The standard InChI is InChI=1S/C22H21N5O/c23-21-18(22-26-19-13-24-7-6-20(19)28-22)11-17(12-25-21)16-5-3-4-15(10-16)14-27-8-1-2-9-27/h3-7,10-13H,1-2,8-9,14H2,(H2,23,25). The number of oxazole rings is 1. The number of benzene rings is 1. The van der Waals surface area contributed by atoms with Crippen LogP contribution in [-0.2, 0) is 6.54 Å². The van der Waals surface area contributed by atoms with Crippen molar-refractivity contribution < 1.29 is 4.42 Å². The number of nitrogen functional groups attached to an aromatic ring is 1. The van der Waals surface area contributed by atoms with Gasteiger partial charge in [-0.05, 0) is 49.2 Å². The highest BCUT2D eigenvalue weighted by Crippen LogP contribution is 2.31. The predicted octanol–water partition coefficient (Wildman–Crippen LogP) is 4.13. The van der Waals surface area contributed by atoms with Crippen molar-refractivity contribution in [2.24, 2.45) is 0 Å². The summed E-state index contributed by atoms with van der Waals surface area (Å²) in [4.78, 5) is 15.5. The third-order valence-electron chi connectivity index (χ3n) is 5.20. The molecule has 140 valence electrons. The highest BCUT2D eigenvalue weighted by molar-refractivity contribution is 5.80. The molecule has 0 bridgehead atoms. The second-order valence-electron chi connectivity index (χ2n) is 7.20. The number of rotatable bonds is 4. The van der Waals surface area contributed by atoms with Crippen molar-refractivity contribution in [2.75, 3.05) is 18.8 Å². The number of nitrogens with zero attached hydrogens (tertiary/aromatic N) is 4. The molecule has 2 N–H and O–H groups in total. The Morgan fingerprint density at radius 2 is 1.93 bits per heavy atom. The van der Waals surface area contributed by atoms with E-state index >= 15 is 0 Å². The number of nitrogens with two attached hydrogens (primary N) is 1. The zero-order valence-corrected chi connectivity index (χ0v) is 15.5. The van der Waals surface area contributed by atoms with E-state index in [1.807, 2.05) is 6.07 Å². The summed E-state index contributed by atoms with van der Waals surface area (Å²) in [5, 5.41) is 0. The van der Waals surface area contributed by atoms with Gasteiger partial charge < -0.3 is 10.2 Å². The molecule has 4 heterocycles. The van der Waals surface area contributed by atoms with Gasteiger partial charge in [-0.25, -0.2) is 9.97 Å². The summed E-state index contributed by atoms with van der Waals surface area (Å²) in [5.74, 6) is 0.861. The number of pyridine rings is 2. The summed E-state index contributed by atoms with van der Waals surface area (Å²) < 4.78 is 5.86. The van der Waals surface area contributed by atoms with E-state index < -0.39 is 0 Å². The average molecular weight is 371 g/mol. The fourth-order valence-corrected chi connectivity index (χ4v) is 3.75. The second kappa shape index (κ2) is 7.05. The molecule has 0 saturated carbocycles. The first-order chi connectivity index (χ1) is 13.8. The van der Waals surface area contributed by atoms with E-state index in [0.29, 0.717) is 28.4 Å². The number of aromatic nitrogens is 3. The van der Waals surface area contributed by atoms with Crippen LogP contribution in [0.25, 0.3) is 33.7 Å². The van der Waals surface area contributed by atoms with Gasteiger partial charge in [0.15, 0.2) is 5.58 Å². The summed E-state index contributed by atoms with van der Waals surface area (Å²) in [6, 6.07) is 12.4. The van der Waals surface area contributed by atoms with Crippen molar-refractivity contribution in [3.63, 3.8) is 0 Å². The van der Waals surface area contributed by atoms with E-state index in [0.717, 1.165) is 17.7 Å². The van der Waals surface area contributed by atoms with Crippen molar-refractivity contribution in [3.8, 4) is 22.6 Å². The van der Waals surface area contributed by atoms with E-state index in [-0.39, 0.29) is 0 Å². The van der Waals surface area contributed by atoms with Gasteiger partial charge in [0.2, 0.25) is 5.89 Å². The average Bonchev–Trinajstić information content (AvgIpc) is 3.38. The van der Waals surface area contributed by atoms with Gasteiger partial charge >= 0.3 is 0 Å². The Kier molecular flexibility index (Phi) is 4.25. The first-order valence-electron chi connectivity index (χ1n) is 9.54. The van der Waals surface area contributed by atoms with Crippen molar-refractivity contribution >= 4 is 16.9 Å². The van der Waals surface area contributed by atoms with Crippen LogP contribution in [0.2, 0.25) is 0 Å². The summed E-state index contributed by atoms with van der Waals surface area (Å²) in [6.45, 7) is 3.36. The highest BCUT2D eigenvalue weighted by atomic mass is 16.3. The number of hydrogen-bond donors (Lipinski definition) is 1. The van der Waals surface area contributed by atoms with Crippen LogP contribution in [0, 0.1) is 0 Å². The minimum absolute atomic E-state index is 0.400. The first kappa shape index (κ1) is 16.9. The van der Waals surface area contributed by atoms with E-state index in [1.54, 1.807) is 24.7 Å². The monoisotopic (exact) mass is 371 g/mol. The largest absolute Gasteiger partial charge is 0.436 e. The van der Waals surface area contributed by atoms with Gasteiger partial charge in [0.25, 0.3) is 0 Å². The van der Waals surface area contributed by atoms with E-state index in [4.69, 9.17) is 10.2 Å². The Morgan fingerprint density at radius 3 is 2.79 bits per heavy atom. The summed E-state index contributed by atoms with van der Waals surface area (Å²) >= 11 is 0. The van der Waals surface area contributed by atoms with E-state index in [2.05, 4.69) is 44.1 Å². The van der Waals surface area contributed by atoms with Crippen LogP contribution in [0.1, 0.15) is 18.4 Å². The van der Waals surface area contributed by atoms with Gasteiger partial charge in [0.1, 0.15) is 11.3 Å². The molecule has 6 heteroatoms. The van der Waals surface area contributed by atoms with E-state index in [9.17, 15) is 0 Å². The first-order valence-corrected chi connectivity index (χ1v) is 9.54. The maximum Gasteiger partial charge on any atom is 0.231 e. The molecule has 0 unspecified atom stereocenters. The van der Waals surface area contributed by atoms with Gasteiger partial charge in [-0.3, -0.25) is 9.88 Å². The molecule has 1 saturated heterocycles.